The number of carbonyl (C=O) groups is 1. The van der Waals surface area contributed by atoms with Crippen molar-refractivity contribution in [3.8, 4) is 11.3 Å². The van der Waals surface area contributed by atoms with Gasteiger partial charge in [-0.15, -0.1) is 0 Å². The molecule has 2 aromatic heterocycles. The van der Waals surface area contributed by atoms with Crippen LogP contribution in [0.15, 0.2) is 97.6 Å². The van der Waals surface area contributed by atoms with E-state index >= 15 is 0 Å². The third-order valence-electron chi connectivity index (χ3n) is 5.23. The Morgan fingerprint density at radius 3 is 2.45 bits per heavy atom. The van der Waals surface area contributed by atoms with Crippen LogP contribution < -0.4 is 5.32 Å². The molecule has 3 aromatic carbocycles. The van der Waals surface area contributed by atoms with Crippen LogP contribution in [-0.4, -0.2) is 25.2 Å². The predicted molar refractivity (Wildman–Crippen MR) is 122 cm³/mol. The van der Waals surface area contributed by atoms with Crippen LogP contribution in [0.25, 0.3) is 22.2 Å². The first-order valence-corrected chi connectivity index (χ1v) is 10.1. The SMILES string of the molecule is O=C(Cn1c(-c2ccccc2)cc2ccccc21)Nc1ccc(Cn2cncn2)cc1. The van der Waals surface area contributed by atoms with Crippen molar-refractivity contribution in [2.24, 2.45) is 0 Å². The molecule has 0 radical (unpaired) electrons. The first kappa shape index (κ1) is 18.8. The second kappa shape index (κ2) is 8.28. The van der Waals surface area contributed by atoms with E-state index < -0.39 is 0 Å². The first-order chi connectivity index (χ1) is 15.3. The number of anilines is 1. The minimum atomic E-state index is -0.0671. The minimum absolute atomic E-state index is 0.0671. The normalized spacial score (nSPS) is 11.0. The monoisotopic (exact) mass is 407 g/mol. The van der Waals surface area contributed by atoms with Gasteiger partial charge in [-0.3, -0.25) is 4.79 Å². The van der Waals surface area contributed by atoms with Gasteiger partial charge in [0.25, 0.3) is 0 Å². The van der Waals surface area contributed by atoms with Crippen LogP contribution in [0.4, 0.5) is 5.69 Å². The Bertz CT molecular complexity index is 1310. The molecule has 5 aromatic rings. The van der Waals surface area contributed by atoms with E-state index in [1.807, 2.05) is 60.7 Å². The summed E-state index contributed by atoms with van der Waals surface area (Å²) in [6.07, 6.45) is 3.20. The number of aromatic nitrogens is 4. The largest absolute Gasteiger partial charge is 0.331 e. The smallest absolute Gasteiger partial charge is 0.244 e. The lowest BCUT2D eigenvalue weighted by molar-refractivity contribution is -0.116. The van der Waals surface area contributed by atoms with E-state index in [9.17, 15) is 4.79 Å². The fourth-order valence-corrected chi connectivity index (χ4v) is 3.77. The Balaban J connectivity index is 1.36. The topological polar surface area (TPSA) is 64.7 Å². The fourth-order valence-electron chi connectivity index (χ4n) is 3.77. The molecule has 0 aliphatic carbocycles. The van der Waals surface area contributed by atoms with Gasteiger partial charge in [0.2, 0.25) is 5.91 Å². The van der Waals surface area contributed by atoms with Crippen LogP contribution in [-0.2, 0) is 17.9 Å². The van der Waals surface area contributed by atoms with Crippen molar-refractivity contribution >= 4 is 22.5 Å². The summed E-state index contributed by atoms with van der Waals surface area (Å²) in [5, 5.41) is 8.25. The minimum Gasteiger partial charge on any atom is -0.331 e. The van der Waals surface area contributed by atoms with E-state index in [1.54, 1.807) is 11.0 Å². The van der Waals surface area contributed by atoms with Gasteiger partial charge in [0, 0.05) is 22.3 Å². The molecule has 1 N–H and O–H groups in total. The van der Waals surface area contributed by atoms with E-state index in [1.165, 1.54) is 6.33 Å². The van der Waals surface area contributed by atoms with Crippen LogP contribution in [0.5, 0.6) is 0 Å². The van der Waals surface area contributed by atoms with Gasteiger partial charge in [0.1, 0.15) is 19.2 Å². The summed E-state index contributed by atoms with van der Waals surface area (Å²) in [5.41, 5.74) is 5.01. The molecule has 6 heteroatoms. The number of amides is 1. The van der Waals surface area contributed by atoms with Crippen molar-refractivity contribution in [1.29, 1.82) is 0 Å². The molecule has 0 atom stereocenters. The van der Waals surface area contributed by atoms with Crippen molar-refractivity contribution in [2.75, 3.05) is 5.32 Å². The van der Waals surface area contributed by atoms with Gasteiger partial charge < -0.3 is 9.88 Å². The molecule has 1 amide bonds. The number of para-hydroxylation sites is 1. The zero-order chi connectivity index (χ0) is 21.0. The zero-order valence-corrected chi connectivity index (χ0v) is 16.8. The maximum atomic E-state index is 12.9. The number of hydrogen-bond donors (Lipinski definition) is 1. The lowest BCUT2D eigenvalue weighted by Crippen LogP contribution is -2.19. The molecule has 0 aliphatic heterocycles. The molecule has 6 nitrogen and oxygen atoms in total. The summed E-state index contributed by atoms with van der Waals surface area (Å²) in [5.74, 6) is -0.0671. The van der Waals surface area contributed by atoms with E-state index in [4.69, 9.17) is 0 Å². The number of nitrogens with zero attached hydrogens (tertiary/aromatic N) is 4. The molecule has 5 rings (SSSR count). The fraction of sp³-hybridized carbons (Fsp3) is 0.0800. The third-order valence-corrected chi connectivity index (χ3v) is 5.23. The van der Waals surface area contributed by atoms with Crippen LogP contribution in [0, 0.1) is 0 Å². The Morgan fingerprint density at radius 1 is 0.903 bits per heavy atom. The molecule has 152 valence electrons. The Morgan fingerprint density at radius 2 is 1.68 bits per heavy atom. The predicted octanol–water partition coefficient (Wildman–Crippen LogP) is 4.59. The summed E-state index contributed by atoms with van der Waals surface area (Å²) in [6.45, 7) is 0.877. The maximum absolute atomic E-state index is 12.9. The van der Waals surface area contributed by atoms with Gasteiger partial charge in [-0.25, -0.2) is 9.67 Å². The molecule has 2 heterocycles. The highest BCUT2D eigenvalue weighted by molar-refractivity contribution is 5.94. The average Bonchev–Trinajstić information content (AvgIpc) is 3.44. The van der Waals surface area contributed by atoms with Crippen molar-refractivity contribution < 1.29 is 4.79 Å². The number of fused-ring (bicyclic) bond motifs is 1. The maximum Gasteiger partial charge on any atom is 0.244 e. The average molecular weight is 407 g/mol. The lowest BCUT2D eigenvalue weighted by atomic mass is 10.1. The number of benzene rings is 3. The third kappa shape index (κ3) is 4.09. The highest BCUT2D eigenvalue weighted by atomic mass is 16.1. The lowest BCUT2D eigenvalue weighted by Gasteiger charge is -2.12. The van der Waals surface area contributed by atoms with E-state index in [-0.39, 0.29) is 12.5 Å². The molecule has 0 saturated heterocycles. The molecule has 0 spiro atoms. The highest BCUT2D eigenvalue weighted by Gasteiger charge is 2.13. The Hall–Kier alpha value is -4.19. The number of hydrogen-bond acceptors (Lipinski definition) is 3. The van der Waals surface area contributed by atoms with E-state index in [0.29, 0.717) is 6.54 Å². The summed E-state index contributed by atoms with van der Waals surface area (Å²) >= 11 is 0. The number of carbonyl (C=O) groups excluding carboxylic acids is 1. The van der Waals surface area contributed by atoms with Gasteiger partial charge in [0.15, 0.2) is 0 Å². The van der Waals surface area contributed by atoms with Crippen molar-refractivity contribution in [3.05, 3.63) is 103 Å². The van der Waals surface area contributed by atoms with Crippen LogP contribution >= 0.6 is 0 Å². The summed E-state index contributed by atoms with van der Waals surface area (Å²) < 4.78 is 3.83. The van der Waals surface area contributed by atoms with Crippen LogP contribution in [0.3, 0.4) is 0 Å². The van der Waals surface area contributed by atoms with Gasteiger partial charge >= 0.3 is 0 Å². The Labute approximate surface area is 179 Å². The summed E-state index contributed by atoms with van der Waals surface area (Å²) in [7, 11) is 0. The molecule has 0 saturated carbocycles. The van der Waals surface area contributed by atoms with E-state index in [0.717, 1.165) is 33.4 Å². The quantitative estimate of drug-likeness (QED) is 0.448. The van der Waals surface area contributed by atoms with E-state index in [2.05, 4.69) is 44.2 Å². The second-order valence-corrected chi connectivity index (χ2v) is 7.38. The van der Waals surface area contributed by atoms with Crippen LogP contribution in [0.1, 0.15) is 5.56 Å². The summed E-state index contributed by atoms with van der Waals surface area (Å²) in [6, 6.07) is 28.2. The second-order valence-electron chi connectivity index (χ2n) is 7.38. The number of nitrogens with one attached hydrogen (secondary N) is 1. The van der Waals surface area contributed by atoms with Crippen LogP contribution in [0.2, 0.25) is 0 Å². The van der Waals surface area contributed by atoms with Crippen molar-refractivity contribution in [1.82, 2.24) is 19.3 Å². The van der Waals surface area contributed by atoms with Gasteiger partial charge in [-0.05, 0) is 35.4 Å². The number of rotatable bonds is 6. The molecule has 0 aliphatic rings. The first-order valence-electron chi connectivity index (χ1n) is 10.1. The van der Waals surface area contributed by atoms with Crippen molar-refractivity contribution in [3.63, 3.8) is 0 Å². The highest BCUT2D eigenvalue weighted by Crippen LogP contribution is 2.28. The molecule has 0 bridgehead atoms. The van der Waals surface area contributed by atoms with Gasteiger partial charge in [0.05, 0.1) is 6.54 Å². The van der Waals surface area contributed by atoms with Gasteiger partial charge in [-0.2, -0.15) is 5.10 Å². The molecule has 0 fully saturated rings. The Kier molecular flexibility index (Phi) is 5.02. The molecular formula is C25H21N5O. The summed E-state index contributed by atoms with van der Waals surface area (Å²) in [4.78, 5) is 16.8. The van der Waals surface area contributed by atoms with Gasteiger partial charge in [-0.1, -0.05) is 60.7 Å². The van der Waals surface area contributed by atoms with Crippen molar-refractivity contribution in [2.45, 2.75) is 13.1 Å². The standard InChI is InChI=1S/C25H21N5O/c31-25(28-22-12-10-19(11-13-22)15-29-18-26-17-27-29)16-30-23-9-5-4-8-21(23)14-24(30)20-6-2-1-3-7-20/h1-14,17-18H,15-16H2,(H,28,31). The molecular weight excluding hydrogens is 386 g/mol. The zero-order valence-electron chi connectivity index (χ0n) is 16.8. The molecule has 31 heavy (non-hydrogen) atoms. The molecule has 0 unspecified atom stereocenters.